The van der Waals surface area contributed by atoms with Crippen molar-refractivity contribution in [2.24, 2.45) is 5.73 Å². The van der Waals surface area contributed by atoms with Crippen LogP contribution in [0.5, 0.6) is 0 Å². The van der Waals surface area contributed by atoms with Crippen LogP contribution < -0.4 is 5.73 Å². The van der Waals surface area contributed by atoms with E-state index in [1.165, 1.54) is 10.5 Å². The highest BCUT2D eigenvalue weighted by atomic mass is 32.2. The van der Waals surface area contributed by atoms with Gasteiger partial charge in [0.05, 0.1) is 18.1 Å². The summed E-state index contributed by atoms with van der Waals surface area (Å²) < 4.78 is 28.0. The minimum atomic E-state index is -3.50. The summed E-state index contributed by atoms with van der Waals surface area (Å²) in [5.74, 6) is 0. The number of nitrogens with zero attached hydrogens (tertiary/aromatic N) is 3. The molecule has 0 spiro atoms. The van der Waals surface area contributed by atoms with E-state index >= 15 is 0 Å². The van der Waals surface area contributed by atoms with Gasteiger partial charge >= 0.3 is 0 Å². The van der Waals surface area contributed by atoms with E-state index in [1.54, 1.807) is 10.9 Å². The van der Waals surface area contributed by atoms with Crippen LogP contribution in [0.4, 0.5) is 0 Å². The molecule has 0 radical (unpaired) electrons. The first kappa shape index (κ1) is 14.2. The molecule has 2 aromatic rings. The lowest BCUT2D eigenvalue weighted by molar-refractivity contribution is 0.472. The number of hydrogen-bond donors (Lipinski definition) is 1. The zero-order valence-electron chi connectivity index (χ0n) is 11.8. The lowest BCUT2D eigenvalue weighted by Crippen LogP contribution is -2.31. The van der Waals surface area contributed by atoms with Gasteiger partial charge in [0.1, 0.15) is 4.90 Å². The van der Waals surface area contributed by atoms with Crippen LogP contribution in [0.15, 0.2) is 41.6 Å². The van der Waals surface area contributed by atoms with Crippen LogP contribution in [0.2, 0.25) is 0 Å². The fourth-order valence-electron chi connectivity index (χ4n) is 2.40. The molecule has 2 N–H and O–H groups in total. The van der Waals surface area contributed by atoms with Crippen molar-refractivity contribution in [2.75, 3.05) is 13.1 Å². The van der Waals surface area contributed by atoms with Crippen LogP contribution in [-0.4, -0.2) is 41.6 Å². The lowest BCUT2D eigenvalue weighted by Gasteiger charge is -2.14. The molecular weight excluding hydrogens is 288 g/mol. The Kier molecular flexibility index (Phi) is 3.56. The highest BCUT2D eigenvalue weighted by Crippen LogP contribution is 2.21. The molecule has 0 saturated carbocycles. The Labute approximate surface area is 124 Å². The zero-order valence-corrected chi connectivity index (χ0v) is 12.6. The number of hydrogen-bond acceptors (Lipinski definition) is 4. The lowest BCUT2D eigenvalue weighted by atomic mass is 10.2. The summed E-state index contributed by atoms with van der Waals surface area (Å²) in [6, 6.07) is 7.66. The van der Waals surface area contributed by atoms with Crippen molar-refractivity contribution >= 4 is 10.0 Å². The van der Waals surface area contributed by atoms with Crippen molar-refractivity contribution in [3.8, 4) is 5.69 Å². The maximum absolute atomic E-state index is 12.5. The summed E-state index contributed by atoms with van der Waals surface area (Å²) in [6.45, 7) is 2.84. The number of benzene rings is 1. The molecule has 0 aliphatic carbocycles. The Balaban J connectivity index is 1.89. The second-order valence-electron chi connectivity index (χ2n) is 5.37. The van der Waals surface area contributed by atoms with Gasteiger partial charge in [-0.2, -0.15) is 9.40 Å². The third kappa shape index (κ3) is 2.72. The second-order valence-corrected chi connectivity index (χ2v) is 7.31. The summed E-state index contributed by atoms with van der Waals surface area (Å²) in [4.78, 5) is 0.206. The molecule has 1 aromatic heterocycles. The fourth-order valence-corrected chi connectivity index (χ4v) is 3.84. The third-order valence-corrected chi connectivity index (χ3v) is 5.50. The summed E-state index contributed by atoms with van der Waals surface area (Å²) in [5, 5.41) is 4.15. The number of nitrogens with two attached hydrogens (primary N) is 1. The monoisotopic (exact) mass is 306 g/mol. The predicted molar refractivity (Wildman–Crippen MR) is 79.7 cm³/mol. The SMILES string of the molecule is Cc1ccc(-n2cc(S(=O)(=O)N3CC[C@@H](N)C3)cn2)cc1. The van der Waals surface area contributed by atoms with Gasteiger partial charge in [-0.05, 0) is 25.5 Å². The van der Waals surface area contributed by atoms with Gasteiger partial charge in [-0.15, -0.1) is 0 Å². The van der Waals surface area contributed by atoms with E-state index in [2.05, 4.69) is 5.10 Å². The molecule has 0 unspecified atom stereocenters. The molecule has 7 heteroatoms. The van der Waals surface area contributed by atoms with Gasteiger partial charge in [-0.25, -0.2) is 13.1 Å². The standard InChI is InChI=1S/C14H18N4O2S/c1-11-2-4-13(5-3-11)18-10-14(8-16-18)21(19,20)17-7-6-12(15)9-17/h2-5,8,10,12H,6-7,9,15H2,1H3/t12-/m1/s1. The molecule has 1 aliphatic rings. The largest absolute Gasteiger partial charge is 0.326 e. The second kappa shape index (κ2) is 5.25. The molecule has 2 heterocycles. The smallest absolute Gasteiger partial charge is 0.246 e. The van der Waals surface area contributed by atoms with Crippen LogP contribution in [0.1, 0.15) is 12.0 Å². The minimum Gasteiger partial charge on any atom is -0.326 e. The van der Waals surface area contributed by atoms with E-state index in [9.17, 15) is 8.42 Å². The number of rotatable bonds is 3. The normalized spacial score (nSPS) is 20.0. The molecule has 1 saturated heterocycles. The Hall–Kier alpha value is -1.70. The first-order valence-electron chi connectivity index (χ1n) is 6.84. The van der Waals surface area contributed by atoms with Gasteiger partial charge in [0, 0.05) is 19.1 Å². The highest BCUT2D eigenvalue weighted by Gasteiger charge is 2.31. The van der Waals surface area contributed by atoms with Crippen LogP contribution in [0.3, 0.4) is 0 Å². The van der Waals surface area contributed by atoms with E-state index in [0.29, 0.717) is 19.5 Å². The van der Waals surface area contributed by atoms with E-state index < -0.39 is 10.0 Å². The summed E-state index contributed by atoms with van der Waals surface area (Å²) in [5.41, 5.74) is 7.76. The van der Waals surface area contributed by atoms with Crippen molar-refractivity contribution in [1.29, 1.82) is 0 Å². The van der Waals surface area contributed by atoms with E-state index in [1.807, 2.05) is 31.2 Å². The average Bonchev–Trinajstić information content (AvgIpc) is 3.09. The summed E-state index contributed by atoms with van der Waals surface area (Å²) in [7, 11) is -3.50. The van der Waals surface area contributed by atoms with E-state index in [-0.39, 0.29) is 10.9 Å². The predicted octanol–water partition coefficient (Wildman–Crippen LogP) is 0.902. The van der Waals surface area contributed by atoms with Gasteiger partial charge in [-0.1, -0.05) is 17.7 Å². The average molecular weight is 306 g/mol. The number of aryl methyl sites for hydroxylation is 1. The molecule has 21 heavy (non-hydrogen) atoms. The van der Waals surface area contributed by atoms with Crippen LogP contribution >= 0.6 is 0 Å². The highest BCUT2D eigenvalue weighted by molar-refractivity contribution is 7.89. The Morgan fingerprint density at radius 1 is 1.29 bits per heavy atom. The van der Waals surface area contributed by atoms with Crippen LogP contribution in [0.25, 0.3) is 5.69 Å². The molecule has 0 amide bonds. The molecule has 1 fully saturated rings. The Morgan fingerprint density at radius 3 is 2.62 bits per heavy atom. The number of aromatic nitrogens is 2. The quantitative estimate of drug-likeness (QED) is 0.913. The molecule has 1 atom stereocenters. The first-order chi connectivity index (χ1) is 9.96. The molecule has 6 nitrogen and oxygen atoms in total. The van der Waals surface area contributed by atoms with Gasteiger partial charge in [-0.3, -0.25) is 0 Å². The van der Waals surface area contributed by atoms with Crippen molar-refractivity contribution in [1.82, 2.24) is 14.1 Å². The first-order valence-corrected chi connectivity index (χ1v) is 8.28. The summed E-state index contributed by atoms with van der Waals surface area (Å²) in [6.07, 6.45) is 3.63. The minimum absolute atomic E-state index is 0.0769. The maximum Gasteiger partial charge on any atom is 0.246 e. The van der Waals surface area contributed by atoms with Gasteiger partial charge in [0.15, 0.2) is 0 Å². The third-order valence-electron chi connectivity index (χ3n) is 3.68. The fraction of sp³-hybridized carbons (Fsp3) is 0.357. The Bertz CT molecular complexity index is 737. The maximum atomic E-state index is 12.5. The molecule has 112 valence electrons. The molecule has 3 rings (SSSR count). The van der Waals surface area contributed by atoms with Crippen molar-refractivity contribution < 1.29 is 8.42 Å². The van der Waals surface area contributed by atoms with Crippen molar-refractivity contribution in [2.45, 2.75) is 24.3 Å². The Morgan fingerprint density at radius 2 is 2.00 bits per heavy atom. The molecule has 0 bridgehead atoms. The molecular formula is C14H18N4O2S. The number of sulfonamides is 1. The van der Waals surface area contributed by atoms with E-state index in [0.717, 1.165) is 11.3 Å². The molecule has 1 aliphatic heterocycles. The van der Waals surface area contributed by atoms with Gasteiger partial charge in [0.2, 0.25) is 10.0 Å². The van der Waals surface area contributed by atoms with Gasteiger partial charge < -0.3 is 5.73 Å². The van der Waals surface area contributed by atoms with Gasteiger partial charge in [0.25, 0.3) is 0 Å². The zero-order chi connectivity index (χ0) is 15.0. The molecule has 1 aromatic carbocycles. The topological polar surface area (TPSA) is 81.2 Å². The van der Waals surface area contributed by atoms with Crippen LogP contribution in [-0.2, 0) is 10.0 Å². The van der Waals surface area contributed by atoms with Crippen molar-refractivity contribution in [3.63, 3.8) is 0 Å². The van der Waals surface area contributed by atoms with Crippen molar-refractivity contribution in [3.05, 3.63) is 42.2 Å². The van der Waals surface area contributed by atoms with E-state index in [4.69, 9.17) is 5.73 Å². The van der Waals surface area contributed by atoms with Crippen LogP contribution in [0, 0.1) is 6.92 Å². The summed E-state index contributed by atoms with van der Waals surface area (Å²) >= 11 is 0.